The first kappa shape index (κ1) is 8.78. The Balaban J connectivity index is 2.42. The summed E-state index contributed by atoms with van der Waals surface area (Å²) in [7, 11) is 0. The molecule has 0 amide bonds. The molecule has 0 aliphatic carbocycles. The number of anilines is 1. The van der Waals surface area contributed by atoms with Crippen LogP contribution in [-0.4, -0.2) is 11.5 Å². The number of aryl methyl sites for hydroxylation is 1. The average molecular weight is 162 g/mol. The van der Waals surface area contributed by atoms with Crippen LogP contribution in [0.25, 0.3) is 0 Å². The van der Waals surface area contributed by atoms with E-state index >= 15 is 0 Å². The third kappa shape index (κ3) is 2.74. The van der Waals surface area contributed by atoms with Gasteiger partial charge in [0, 0.05) is 12.7 Å². The molecule has 1 heterocycles. The van der Waals surface area contributed by atoms with Gasteiger partial charge in [-0.25, -0.2) is 4.98 Å². The molecule has 2 heteroatoms. The molecule has 1 rings (SSSR count). The van der Waals surface area contributed by atoms with Crippen LogP contribution in [0.2, 0.25) is 0 Å². The molecule has 12 heavy (non-hydrogen) atoms. The summed E-state index contributed by atoms with van der Waals surface area (Å²) >= 11 is 0. The van der Waals surface area contributed by atoms with Gasteiger partial charge in [0.25, 0.3) is 0 Å². The Morgan fingerprint density at radius 1 is 1.58 bits per heavy atom. The Bertz CT molecular complexity index is 239. The molecule has 64 valence electrons. The van der Waals surface area contributed by atoms with Crippen LogP contribution in [0, 0.1) is 6.92 Å². The van der Waals surface area contributed by atoms with E-state index in [0.29, 0.717) is 0 Å². The Labute approximate surface area is 73.3 Å². The van der Waals surface area contributed by atoms with E-state index in [0.717, 1.165) is 18.8 Å². The molecule has 1 aromatic rings. The molecule has 0 spiro atoms. The molecule has 1 aromatic heterocycles. The van der Waals surface area contributed by atoms with E-state index in [2.05, 4.69) is 16.9 Å². The van der Waals surface area contributed by atoms with E-state index in [9.17, 15) is 0 Å². The fourth-order valence-electron chi connectivity index (χ4n) is 0.875. The second-order valence-corrected chi connectivity index (χ2v) is 2.72. The highest BCUT2D eigenvalue weighted by Gasteiger charge is 1.89. The summed E-state index contributed by atoms with van der Waals surface area (Å²) in [5.74, 6) is 0.933. The van der Waals surface area contributed by atoms with E-state index in [-0.39, 0.29) is 0 Å². The zero-order chi connectivity index (χ0) is 8.81. The second-order valence-electron chi connectivity index (χ2n) is 2.72. The molecule has 0 aromatic carbocycles. The summed E-state index contributed by atoms with van der Waals surface area (Å²) < 4.78 is 0. The largest absolute Gasteiger partial charge is 0.370 e. The highest BCUT2D eigenvalue weighted by atomic mass is 15.0. The van der Waals surface area contributed by atoms with Crippen molar-refractivity contribution in [3.05, 3.63) is 36.5 Å². The number of nitrogens with zero attached hydrogens (tertiary/aromatic N) is 1. The molecule has 2 nitrogen and oxygen atoms in total. The molecular formula is C10H14N2. The van der Waals surface area contributed by atoms with Crippen LogP contribution < -0.4 is 5.32 Å². The summed E-state index contributed by atoms with van der Waals surface area (Å²) in [5.41, 5.74) is 1.18. The predicted octanol–water partition coefficient (Wildman–Crippen LogP) is 2.38. The first-order chi connectivity index (χ1) is 5.83. The summed E-state index contributed by atoms with van der Waals surface area (Å²) in [6.07, 6.45) is 4.72. The molecule has 0 aliphatic rings. The van der Waals surface area contributed by atoms with Crippen LogP contribution in [0.3, 0.4) is 0 Å². The minimum Gasteiger partial charge on any atom is -0.370 e. The predicted molar refractivity (Wildman–Crippen MR) is 52.3 cm³/mol. The fraction of sp³-hybridized carbons (Fsp3) is 0.300. The van der Waals surface area contributed by atoms with Gasteiger partial charge in [0.1, 0.15) is 5.82 Å². The van der Waals surface area contributed by atoms with Gasteiger partial charge < -0.3 is 5.32 Å². The SMILES string of the molecule is C=CCCNc1ccc(C)cn1. The van der Waals surface area contributed by atoms with Gasteiger partial charge in [-0.1, -0.05) is 12.1 Å². The number of aromatic nitrogens is 1. The van der Waals surface area contributed by atoms with Gasteiger partial charge in [0.15, 0.2) is 0 Å². The minimum absolute atomic E-state index is 0.902. The molecule has 0 radical (unpaired) electrons. The maximum Gasteiger partial charge on any atom is 0.125 e. The zero-order valence-corrected chi connectivity index (χ0v) is 7.38. The average Bonchev–Trinajstić information content (AvgIpc) is 2.09. The van der Waals surface area contributed by atoms with Gasteiger partial charge >= 0.3 is 0 Å². The van der Waals surface area contributed by atoms with E-state index in [1.165, 1.54) is 5.56 Å². The lowest BCUT2D eigenvalue weighted by Crippen LogP contribution is -2.01. The van der Waals surface area contributed by atoms with Crippen molar-refractivity contribution < 1.29 is 0 Å². The first-order valence-corrected chi connectivity index (χ1v) is 4.10. The van der Waals surface area contributed by atoms with E-state index in [1.807, 2.05) is 31.3 Å². The molecule has 0 saturated carbocycles. The van der Waals surface area contributed by atoms with E-state index in [1.54, 1.807) is 0 Å². The summed E-state index contributed by atoms with van der Waals surface area (Å²) in [6, 6.07) is 4.03. The third-order valence-corrected chi connectivity index (χ3v) is 1.57. The molecule has 0 atom stereocenters. The van der Waals surface area contributed by atoms with Crippen LogP contribution in [0.15, 0.2) is 31.0 Å². The number of pyridine rings is 1. The molecule has 0 bridgehead atoms. The van der Waals surface area contributed by atoms with Crippen molar-refractivity contribution in [3.63, 3.8) is 0 Å². The Morgan fingerprint density at radius 3 is 3.00 bits per heavy atom. The number of hydrogen-bond acceptors (Lipinski definition) is 2. The quantitative estimate of drug-likeness (QED) is 0.543. The van der Waals surface area contributed by atoms with Crippen LogP contribution in [0.5, 0.6) is 0 Å². The standard InChI is InChI=1S/C10H14N2/c1-3-4-7-11-10-6-5-9(2)8-12-10/h3,5-6,8H,1,4,7H2,2H3,(H,11,12). The number of nitrogens with one attached hydrogen (secondary N) is 1. The maximum atomic E-state index is 4.20. The number of rotatable bonds is 4. The summed E-state index contributed by atoms with van der Waals surface area (Å²) in [5, 5.41) is 3.19. The van der Waals surface area contributed by atoms with Crippen molar-refractivity contribution in [2.24, 2.45) is 0 Å². The lowest BCUT2D eigenvalue weighted by Gasteiger charge is -2.02. The lowest BCUT2D eigenvalue weighted by molar-refractivity contribution is 1.05. The van der Waals surface area contributed by atoms with Crippen LogP contribution >= 0.6 is 0 Å². The highest BCUT2D eigenvalue weighted by Crippen LogP contribution is 2.03. The van der Waals surface area contributed by atoms with Crippen LogP contribution in [0.1, 0.15) is 12.0 Å². The van der Waals surface area contributed by atoms with Gasteiger partial charge in [0.2, 0.25) is 0 Å². The van der Waals surface area contributed by atoms with Gasteiger partial charge in [-0.05, 0) is 25.0 Å². The molecule has 0 saturated heterocycles. The smallest absolute Gasteiger partial charge is 0.125 e. The monoisotopic (exact) mass is 162 g/mol. The molecule has 0 unspecified atom stereocenters. The van der Waals surface area contributed by atoms with Gasteiger partial charge in [-0.15, -0.1) is 6.58 Å². The summed E-state index contributed by atoms with van der Waals surface area (Å²) in [4.78, 5) is 4.20. The molecule has 0 aliphatic heterocycles. The maximum absolute atomic E-state index is 4.20. The zero-order valence-electron chi connectivity index (χ0n) is 7.38. The van der Waals surface area contributed by atoms with Crippen molar-refractivity contribution in [1.29, 1.82) is 0 Å². The van der Waals surface area contributed by atoms with Crippen molar-refractivity contribution in [2.45, 2.75) is 13.3 Å². The van der Waals surface area contributed by atoms with Crippen LogP contribution in [0.4, 0.5) is 5.82 Å². The first-order valence-electron chi connectivity index (χ1n) is 4.10. The Morgan fingerprint density at radius 2 is 2.42 bits per heavy atom. The number of hydrogen-bond donors (Lipinski definition) is 1. The highest BCUT2D eigenvalue weighted by molar-refractivity contribution is 5.34. The topological polar surface area (TPSA) is 24.9 Å². The van der Waals surface area contributed by atoms with E-state index in [4.69, 9.17) is 0 Å². The Kier molecular flexibility index (Phi) is 3.33. The van der Waals surface area contributed by atoms with Gasteiger partial charge in [-0.2, -0.15) is 0 Å². The van der Waals surface area contributed by atoms with Crippen molar-refractivity contribution in [3.8, 4) is 0 Å². The normalized spacial score (nSPS) is 9.42. The molecule has 0 fully saturated rings. The lowest BCUT2D eigenvalue weighted by atomic mass is 10.3. The Hall–Kier alpha value is -1.31. The van der Waals surface area contributed by atoms with Gasteiger partial charge in [0.05, 0.1) is 0 Å². The van der Waals surface area contributed by atoms with E-state index < -0.39 is 0 Å². The van der Waals surface area contributed by atoms with Crippen molar-refractivity contribution in [2.75, 3.05) is 11.9 Å². The molecule has 1 N–H and O–H groups in total. The van der Waals surface area contributed by atoms with Crippen molar-refractivity contribution >= 4 is 5.82 Å². The molecular weight excluding hydrogens is 148 g/mol. The fourth-order valence-corrected chi connectivity index (χ4v) is 0.875. The summed E-state index contributed by atoms with van der Waals surface area (Å²) in [6.45, 7) is 6.58. The van der Waals surface area contributed by atoms with Crippen LogP contribution in [-0.2, 0) is 0 Å². The van der Waals surface area contributed by atoms with Gasteiger partial charge in [-0.3, -0.25) is 0 Å². The van der Waals surface area contributed by atoms with Crippen molar-refractivity contribution in [1.82, 2.24) is 4.98 Å². The second kappa shape index (κ2) is 4.54. The third-order valence-electron chi connectivity index (χ3n) is 1.57. The minimum atomic E-state index is 0.902.